The lowest BCUT2D eigenvalue weighted by Gasteiger charge is -2.10. The Morgan fingerprint density at radius 1 is 1.67 bits per heavy atom. The standard InChI is InChI=1S/C9H17N3/c1-4-5-8(2)10-9-6-7-12(3)11-9/h6-8H,4-5H2,1-3H3,(H,10,11). The van der Waals surface area contributed by atoms with Crippen molar-refractivity contribution in [3.63, 3.8) is 0 Å². The Labute approximate surface area is 73.8 Å². The Morgan fingerprint density at radius 3 is 2.92 bits per heavy atom. The van der Waals surface area contributed by atoms with Crippen LogP contribution in [0.25, 0.3) is 0 Å². The number of anilines is 1. The van der Waals surface area contributed by atoms with Crippen LogP contribution in [0.3, 0.4) is 0 Å². The summed E-state index contributed by atoms with van der Waals surface area (Å²) in [6.07, 6.45) is 4.35. The quantitative estimate of drug-likeness (QED) is 0.743. The minimum Gasteiger partial charge on any atom is -0.366 e. The van der Waals surface area contributed by atoms with Gasteiger partial charge in [0.25, 0.3) is 0 Å². The van der Waals surface area contributed by atoms with Gasteiger partial charge in [0.15, 0.2) is 0 Å². The molecule has 0 fully saturated rings. The molecule has 0 aliphatic carbocycles. The zero-order valence-corrected chi connectivity index (χ0v) is 8.04. The lowest BCUT2D eigenvalue weighted by Crippen LogP contribution is -2.14. The molecule has 1 unspecified atom stereocenters. The fraction of sp³-hybridized carbons (Fsp3) is 0.667. The highest BCUT2D eigenvalue weighted by atomic mass is 15.3. The van der Waals surface area contributed by atoms with Gasteiger partial charge in [-0.3, -0.25) is 4.68 Å². The zero-order valence-electron chi connectivity index (χ0n) is 8.04. The summed E-state index contributed by atoms with van der Waals surface area (Å²) >= 11 is 0. The Bertz CT molecular complexity index is 229. The van der Waals surface area contributed by atoms with Crippen LogP contribution in [-0.4, -0.2) is 15.8 Å². The molecule has 12 heavy (non-hydrogen) atoms. The molecular weight excluding hydrogens is 150 g/mol. The van der Waals surface area contributed by atoms with E-state index in [1.54, 1.807) is 4.68 Å². The second-order valence-corrected chi connectivity index (χ2v) is 3.21. The van der Waals surface area contributed by atoms with Crippen LogP contribution in [0.1, 0.15) is 26.7 Å². The van der Waals surface area contributed by atoms with E-state index in [2.05, 4.69) is 24.3 Å². The Balaban J connectivity index is 2.41. The first kappa shape index (κ1) is 9.10. The molecule has 0 saturated heterocycles. The Kier molecular flexibility index (Phi) is 3.14. The van der Waals surface area contributed by atoms with Crippen LogP contribution in [0.15, 0.2) is 12.3 Å². The number of hydrogen-bond donors (Lipinski definition) is 1. The van der Waals surface area contributed by atoms with Crippen molar-refractivity contribution in [3.05, 3.63) is 12.3 Å². The third-order valence-electron chi connectivity index (χ3n) is 1.83. The third kappa shape index (κ3) is 2.57. The van der Waals surface area contributed by atoms with Gasteiger partial charge in [-0.15, -0.1) is 0 Å². The molecule has 1 atom stereocenters. The van der Waals surface area contributed by atoms with E-state index in [0.717, 1.165) is 5.82 Å². The maximum atomic E-state index is 4.24. The average Bonchev–Trinajstić information content (AvgIpc) is 2.36. The maximum absolute atomic E-state index is 4.24. The zero-order chi connectivity index (χ0) is 8.97. The Hall–Kier alpha value is -0.990. The first-order valence-electron chi connectivity index (χ1n) is 4.48. The summed E-state index contributed by atoms with van der Waals surface area (Å²) in [5, 5.41) is 7.57. The number of rotatable bonds is 4. The van der Waals surface area contributed by atoms with E-state index < -0.39 is 0 Å². The smallest absolute Gasteiger partial charge is 0.148 e. The molecule has 0 aliphatic rings. The van der Waals surface area contributed by atoms with Crippen LogP contribution in [0.5, 0.6) is 0 Å². The molecule has 3 heteroatoms. The molecule has 3 nitrogen and oxygen atoms in total. The number of nitrogens with zero attached hydrogens (tertiary/aromatic N) is 2. The van der Waals surface area contributed by atoms with Crippen molar-refractivity contribution in [1.29, 1.82) is 0 Å². The molecule has 1 aromatic rings. The van der Waals surface area contributed by atoms with Gasteiger partial charge in [0, 0.05) is 25.4 Å². The largest absolute Gasteiger partial charge is 0.366 e. The molecule has 0 radical (unpaired) electrons. The molecule has 0 amide bonds. The minimum atomic E-state index is 0.518. The normalized spacial score (nSPS) is 12.9. The van der Waals surface area contributed by atoms with Crippen molar-refractivity contribution in [1.82, 2.24) is 9.78 Å². The van der Waals surface area contributed by atoms with Gasteiger partial charge in [-0.05, 0) is 13.3 Å². The third-order valence-corrected chi connectivity index (χ3v) is 1.83. The number of hydrogen-bond acceptors (Lipinski definition) is 2. The van der Waals surface area contributed by atoms with E-state index >= 15 is 0 Å². The topological polar surface area (TPSA) is 29.9 Å². The van der Waals surface area contributed by atoms with E-state index in [9.17, 15) is 0 Å². The highest BCUT2D eigenvalue weighted by molar-refractivity contribution is 5.32. The van der Waals surface area contributed by atoms with Gasteiger partial charge in [-0.2, -0.15) is 5.10 Å². The van der Waals surface area contributed by atoms with E-state index in [0.29, 0.717) is 6.04 Å². The number of nitrogens with one attached hydrogen (secondary N) is 1. The van der Waals surface area contributed by atoms with Gasteiger partial charge >= 0.3 is 0 Å². The second kappa shape index (κ2) is 4.14. The van der Waals surface area contributed by atoms with Crippen LogP contribution in [0.2, 0.25) is 0 Å². The van der Waals surface area contributed by atoms with Crippen molar-refractivity contribution in [2.75, 3.05) is 5.32 Å². The van der Waals surface area contributed by atoms with Crippen LogP contribution in [0, 0.1) is 0 Å². The van der Waals surface area contributed by atoms with Crippen molar-refractivity contribution < 1.29 is 0 Å². The summed E-state index contributed by atoms with van der Waals surface area (Å²) < 4.78 is 1.81. The summed E-state index contributed by atoms with van der Waals surface area (Å²) in [5.74, 6) is 0.971. The van der Waals surface area contributed by atoms with Gasteiger partial charge in [0.2, 0.25) is 0 Å². The van der Waals surface area contributed by atoms with Gasteiger partial charge < -0.3 is 5.32 Å². The van der Waals surface area contributed by atoms with E-state index in [1.807, 2.05) is 19.3 Å². The fourth-order valence-corrected chi connectivity index (χ4v) is 1.25. The first-order chi connectivity index (χ1) is 5.72. The predicted molar refractivity (Wildman–Crippen MR) is 51.2 cm³/mol. The van der Waals surface area contributed by atoms with Crippen LogP contribution in [0.4, 0.5) is 5.82 Å². The molecule has 68 valence electrons. The molecule has 0 bridgehead atoms. The predicted octanol–water partition coefficient (Wildman–Crippen LogP) is 2.02. The van der Waals surface area contributed by atoms with E-state index in [4.69, 9.17) is 0 Å². The van der Waals surface area contributed by atoms with Gasteiger partial charge in [0.1, 0.15) is 5.82 Å². The molecule has 0 aliphatic heterocycles. The minimum absolute atomic E-state index is 0.518. The lowest BCUT2D eigenvalue weighted by atomic mass is 10.2. The van der Waals surface area contributed by atoms with E-state index in [1.165, 1.54) is 12.8 Å². The van der Waals surface area contributed by atoms with Crippen molar-refractivity contribution in [2.45, 2.75) is 32.7 Å². The molecule has 0 saturated carbocycles. The highest BCUT2D eigenvalue weighted by Gasteiger charge is 2.01. The number of aryl methyl sites for hydroxylation is 1. The van der Waals surface area contributed by atoms with Crippen molar-refractivity contribution in [3.8, 4) is 0 Å². The van der Waals surface area contributed by atoms with Gasteiger partial charge in [-0.25, -0.2) is 0 Å². The summed E-state index contributed by atoms with van der Waals surface area (Å²) in [5.41, 5.74) is 0. The molecule has 0 aromatic carbocycles. The molecule has 1 aromatic heterocycles. The summed E-state index contributed by atoms with van der Waals surface area (Å²) in [7, 11) is 1.93. The first-order valence-corrected chi connectivity index (χ1v) is 4.48. The summed E-state index contributed by atoms with van der Waals surface area (Å²) in [6, 6.07) is 2.51. The average molecular weight is 167 g/mol. The van der Waals surface area contributed by atoms with Crippen molar-refractivity contribution in [2.24, 2.45) is 7.05 Å². The summed E-state index contributed by atoms with van der Waals surface area (Å²) in [6.45, 7) is 4.37. The maximum Gasteiger partial charge on any atom is 0.148 e. The van der Waals surface area contributed by atoms with E-state index in [-0.39, 0.29) is 0 Å². The number of aromatic nitrogens is 2. The van der Waals surface area contributed by atoms with Crippen molar-refractivity contribution >= 4 is 5.82 Å². The second-order valence-electron chi connectivity index (χ2n) is 3.21. The molecule has 1 heterocycles. The van der Waals surface area contributed by atoms with Gasteiger partial charge in [-0.1, -0.05) is 13.3 Å². The molecule has 1 rings (SSSR count). The molecule has 1 N–H and O–H groups in total. The van der Waals surface area contributed by atoms with Gasteiger partial charge in [0.05, 0.1) is 0 Å². The van der Waals surface area contributed by atoms with Crippen LogP contribution < -0.4 is 5.32 Å². The summed E-state index contributed by atoms with van der Waals surface area (Å²) in [4.78, 5) is 0. The monoisotopic (exact) mass is 167 g/mol. The Morgan fingerprint density at radius 2 is 2.42 bits per heavy atom. The van der Waals surface area contributed by atoms with Crippen LogP contribution >= 0.6 is 0 Å². The highest BCUT2D eigenvalue weighted by Crippen LogP contribution is 2.06. The van der Waals surface area contributed by atoms with Crippen LogP contribution in [-0.2, 0) is 7.05 Å². The SMILES string of the molecule is CCCC(C)Nc1ccn(C)n1. The fourth-order valence-electron chi connectivity index (χ4n) is 1.25. The molecule has 0 spiro atoms. The molecular formula is C9H17N3. The lowest BCUT2D eigenvalue weighted by molar-refractivity contribution is 0.681.